The summed E-state index contributed by atoms with van der Waals surface area (Å²) in [7, 11) is 0. The molecule has 1 heterocycles. The number of nitro benzene ring substituents is 1. The molecule has 6 nitrogen and oxygen atoms in total. The summed E-state index contributed by atoms with van der Waals surface area (Å²) < 4.78 is 5.40. The summed E-state index contributed by atoms with van der Waals surface area (Å²) in [5, 5.41) is 11.0. The van der Waals surface area contributed by atoms with Gasteiger partial charge in [0, 0.05) is 30.8 Å². The van der Waals surface area contributed by atoms with Gasteiger partial charge >= 0.3 is 0 Å². The Bertz CT molecular complexity index is 930. The van der Waals surface area contributed by atoms with Gasteiger partial charge in [0.05, 0.1) is 23.7 Å². The quantitative estimate of drug-likeness (QED) is 0.402. The summed E-state index contributed by atoms with van der Waals surface area (Å²) >= 11 is 0. The van der Waals surface area contributed by atoms with E-state index in [2.05, 4.69) is 4.90 Å². The fourth-order valence-electron chi connectivity index (χ4n) is 4.07. The Kier molecular flexibility index (Phi) is 4.32. The molecule has 1 aliphatic heterocycles. The first-order valence-corrected chi connectivity index (χ1v) is 9.16. The van der Waals surface area contributed by atoms with Crippen LogP contribution in [0.3, 0.4) is 0 Å². The fourth-order valence-corrected chi connectivity index (χ4v) is 4.07. The molecule has 1 saturated heterocycles. The zero-order chi connectivity index (χ0) is 19.2. The van der Waals surface area contributed by atoms with Crippen LogP contribution in [0.15, 0.2) is 36.4 Å². The van der Waals surface area contributed by atoms with Crippen molar-refractivity contribution in [2.75, 3.05) is 26.3 Å². The largest absolute Gasteiger partial charge is 0.379 e. The molecule has 0 atom stereocenters. The topological polar surface area (TPSA) is 72.7 Å². The minimum atomic E-state index is -0.595. The second kappa shape index (κ2) is 6.55. The van der Waals surface area contributed by atoms with Crippen molar-refractivity contribution in [2.24, 2.45) is 0 Å². The van der Waals surface area contributed by atoms with Crippen LogP contribution in [0.1, 0.15) is 35.3 Å². The Hall–Kier alpha value is -2.57. The third-order valence-corrected chi connectivity index (χ3v) is 5.70. The monoisotopic (exact) mass is 366 g/mol. The fraction of sp³-hybridized carbons (Fsp3) is 0.381. The van der Waals surface area contributed by atoms with E-state index in [1.807, 2.05) is 32.0 Å². The average Bonchev–Trinajstić information content (AvgIpc) is 3.04. The van der Waals surface area contributed by atoms with Crippen LogP contribution in [0.5, 0.6) is 0 Å². The molecule has 2 aromatic carbocycles. The molecule has 0 amide bonds. The number of Topliss-reactive ketones (excluding diaryl/α,β-unsaturated/α-hetero) is 1. The van der Waals surface area contributed by atoms with Gasteiger partial charge in [0.2, 0.25) is 0 Å². The Balaban J connectivity index is 1.63. The van der Waals surface area contributed by atoms with Gasteiger partial charge in [-0.3, -0.25) is 19.8 Å². The number of fused-ring (bicyclic) bond motifs is 3. The van der Waals surface area contributed by atoms with Crippen LogP contribution in [0.25, 0.3) is 11.1 Å². The van der Waals surface area contributed by atoms with Crippen LogP contribution < -0.4 is 0 Å². The van der Waals surface area contributed by atoms with Crippen molar-refractivity contribution in [3.63, 3.8) is 0 Å². The number of benzene rings is 2. The zero-order valence-corrected chi connectivity index (χ0v) is 15.5. The van der Waals surface area contributed by atoms with Crippen molar-refractivity contribution < 1.29 is 14.5 Å². The molecule has 140 valence electrons. The highest BCUT2D eigenvalue weighted by molar-refractivity contribution is 6.03. The number of rotatable bonds is 4. The summed E-state index contributed by atoms with van der Waals surface area (Å²) in [6.45, 7) is 6.72. The maximum atomic E-state index is 13.2. The SMILES string of the molecule is CC(C)(C(=O)c1ccc2c(c1)Cc1cc([N+](=O)[O-])ccc1-2)N1CCOCC1. The summed E-state index contributed by atoms with van der Waals surface area (Å²) in [6, 6.07) is 10.8. The second-order valence-corrected chi connectivity index (χ2v) is 7.63. The van der Waals surface area contributed by atoms with Crippen molar-refractivity contribution in [2.45, 2.75) is 25.8 Å². The minimum Gasteiger partial charge on any atom is -0.379 e. The number of carbonyl (C=O) groups is 1. The maximum Gasteiger partial charge on any atom is 0.269 e. The third-order valence-electron chi connectivity index (χ3n) is 5.70. The van der Waals surface area contributed by atoms with Crippen molar-refractivity contribution >= 4 is 11.5 Å². The van der Waals surface area contributed by atoms with E-state index in [1.54, 1.807) is 12.1 Å². The van der Waals surface area contributed by atoms with Crippen molar-refractivity contribution in [3.05, 3.63) is 63.2 Å². The van der Waals surface area contributed by atoms with Gasteiger partial charge in [0.1, 0.15) is 0 Å². The highest BCUT2D eigenvalue weighted by Gasteiger charge is 2.36. The van der Waals surface area contributed by atoms with Gasteiger partial charge < -0.3 is 4.74 Å². The summed E-state index contributed by atoms with van der Waals surface area (Å²) in [4.78, 5) is 26.0. The Morgan fingerprint density at radius 1 is 1.07 bits per heavy atom. The minimum absolute atomic E-state index is 0.0918. The van der Waals surface area contributed by atoms with E-state index in [0.29, 0.717) is 25.2 Å². The molecule has 2 aliphatic rings. The highest BCUT2D eigenvalue weighted by atomic mass is 16.6. The normalized spacial score (nSPS) is 16.7. The van der Waals surface area contributed by atoms with Crippen molar-refractivity contribution in [3.8, 4) is 11.1 Å². The van der Waals surface area contributed by atoms with Gasteiger partial charge in [-0.15, -0.1) is 0 Å². The van der Waals surface area contributed by atoms with E-state index >= 15 is 0 Å². The molecule has 2 aromatic rings. The summed E-state index contributed by atoms with van der Waals surface area (Å²) in [6.07, 6.45) is 0.617. The third kappa shape index (κ3) is 3.05. The molecule has 1 aliphatic carbocycles. The Morgan fingerprint density at radius 2 is 1.70 bits per heavy atom. The van der Waals surface area contributed by atoms with Gasteiger partial charge in [-0.25, -0.2) is 0 Å². The van der Waals surface area contributed by atoms with Gasteiger partial charge in [0.15, 0.2) is 5.78 Å². The molecule has 1 fully saturated rings. The van der Waals surface area contributed by atoms with Gasteiger partial charge in [-0.05, 0) is 54.7 Å². The Labute approximate surface area is 157 Å². The molecular weight excluding hydrogens is 344 g/mol. The van der Waals surface area contributed by atoms with Crippen LogP contribution in [0.2, 0.25) is 0 Å². The number of carbonyl (C=O) groups excluding carboxylic acids is 1. The molecule has 0 saturated carbocycles. The van der Waals surface area contributed by atoms with Crippen molar-refractivity contribution in [1.29, 1.82) is 0 Å². The molecule has 0 N–H and O–H groups in total. The predicted molar refractivity (Wildman–Crippen MR) is 102 cm³/mol. The van der Waals surface area contributed by atoms with Gasteiger partial charge in [-0.2, -0.15) is 0 Å². The first-order valence-electron chi connectivity index (χ1n) is 9.16. The molecule has 0 spiro atoms. The maximum absolute atomic E-state index is 13.2. The van der Waals surface area contributed by atoms with Crippen molar-refractivity contribution in [1.82, 2.24) is 4.90 Å². The number of ether oxygens (including phenoxy) is 1. The van der Waals surface area contributed by atoms with E-state index in [1.165, 1.54) is 6.07 Å². The average molecular weight is 366 g/mol. The van der Waals surface area contributed by atoms with Crippen LogP contribution in [0.4, 0.5) is 5.69 Å². The van der Waals surface area contributed by atoms with E-state index in [9.17, 15) is 14.9 Å². The lowest BCUT2D eigenvalue weighted by atomic mass is 9.89. The first kappa shape index (κ1) is 17.8. The lowest BCUT2D eigenvalue weighted by Gasteiger charge is -2.39. The summed E-state index contributed by atoms with van der Waals surface area (Å²) in [5.74, 6) is 0.0918. The number of hydrogen-bond acceptors (Lipinski definition) is 5. The number of morpholine rings is 1. The second-order valence-electron chi connectivity index (χ2n) is 7.63. The number of nitrogens with zero attached hydrogens (tertiary/aromatic N) is 2. The van der Waals surface area contributed by atoms with Crippen LogP contribution in [0, 0.1) is 10.1 Å². The van der Waals surface area contributed by atoms with Crippen LogP contribution in [-0.4, -0.2) is 47.4 Å². The summed E-state index contributed by atoms with van der Waals surface area (Å²) in [5.41, 5.74) is 4.26. The van der Waals surface area contributed by atoms with Crippen LogP contribution in [-0.2, 0) is 11.2 Å². The van der Waals surface area contributed by atoms with Crippen LogP contribution >= 0.6 is 0 Å². The van der Waals surface area contributed by atoms with Gasteiger partial charge in [-0.1, -0.05) is 12.1 Å². The molecule has 0 unspecified atom stereocenters. The number of nitro groups is 1. The zero-order valence-electron chi connectivity index (χ0n) is 15.5. The number of hydrogen-bond donors (Lipinski definition) is 0. The predicted octanol–water partition coefficient (Wildman–Crippen LogP) is 3.46. The smallest absolute Gasteiger partial charge is 0.269 e. The van der Waals surface area contributed by atoms with E-state index < -0.39 is 5.54 Å². The molecule has 0 aromatic heterocycles. The lowest BCUT2D eigenvalue weighted by Crippen LogP contribution is -2.54. The van der Waals surface area contributed by atoms with E-state index in [-0.39, 0.29) is 16.4 Å². The lowest BCUT2D eigenvalue weighted by molar-refractivity contribution is -0.384. The standard InChI is InChI=1S/C21H22N2O4/c1-21(2,22-7-9-27-10-8-22)20(24)14-3-5-18-15(11-14)12-16-13-17(23(25)26)4-6-19(16)18/h3-6,11,13H,7-10,12H2,1-2H3. The number of ketones is 1. The molecular formula is C21H22N2O4. The first-order chi connectivity index (χ1) is 12.9. The number of non-ortho nitro benzene ring substituents is 1. The molecule has 27 heavy (non-hydrogen) atoms. The molecule has 6 heteroatoms. The van der Waals surface area contributed by atoms with E-state index in [4.69, 9.17) is 4.74 Å². The molecule has 4 rings (SSSR count). The molecule has 0 radical (unpaired) electrons. The Morgan fingerprint density at radius 3 is 2.37 bits per heavy atom. The molecule has 0 bridgehead atoms. The highest BCUT2D eigenvalue weighted by Crippen LogP contribution is 2.39. The van der Waals surface area contributed by atoms with Gasteiger partial charge in [0.25, 0.3) is 5.69 Å². The van der Waals surface area contributed by atoms with E-state index in [0.717, 1.165) is 35.3 Å².